The van der Waals surface area contributed by atoms with E-state index in [-0.39, 0.29) is 12.5 Å². The van der Waals surface area contributed by atoms with Crippen molar-refractivity contribution in [1.82, 2.24) is 20.5 Å². The van der Waals surface area contributed by atoms with Gasteiger partial charge < -0.3 is 15.5 Å². The maximum Gasteiger partial charge on any atom is 0.241 e. The van der Waals surface area contributed by atoms with Crippen LogP contribution in [0.1, 0.15) is 36.1 Å². The van der Waals surface area contributed by atoms with Gasteiger partial charge in [-0.2, -0.15) is 0 Å². The van der Waals surface area contributed by atoms with E-state index < -0.39 is 0 Å². The highest BCUT2D eigenvalue weighted by atomic mass is 32.1. The molecular formula is C15H25N5OS. The molecule has 0 atom stereocenters. The average Bonchev–Trinajstić information content (AvgIpc) is 3.03. The fourth-order valence-corrected chi connectivity index (χ4v) is 3.19. The first-order chi connectivity index (χ1) is 10.7. The van der Waals surface area contributed by atoms with Crippen LogP contribution in [-0.4, -0.2) is 48.4 Å². The Hall–Kier alpha value is -1.63. The quantitative estimate of drug-likeness (QED) is 0.634. The van der Waals surface area contributed by atoms with Crippen LogP contribution >= 0.6 is 11.3 Å². The Morgan fingerprint density at radius 3 is 2.77 bits per heavy atom. The number of amides is 1. The third kappa shape index (κ3) is 4.98. The topological polar surface area (TPSA) is 69.6 Å². The number of nitrogens with zero attached hydrogens (tertiary/aromatic N) is 3. The molecule has 2 N–H and O–H groups in total. The van der Waals surface area contributed by atoms with E-state index >= 15 is 0 Å². The molecule has 1 aliphatic heterocycles. The Kier molecular flexibility index (Phi) is 6.64. The molecule has 1 aliphatic rings. The van der Waals surface area contributed by atoms with E-state index in [1.807, 2.05) is 11.1 Å². The lowest BCUT2D eigenvalue weighted by Crippen LogP contribution is -2.45. The van der Waals surface area contributed by atoms with Crippen LogP contribution in [0, 0.1) is 0 Å². The molecule has 0 radical (unpaired) electrons. The maximum absolute atomic E-state index is 12.1. The Labute approximate surface area is 136 Å². The zero-order chi connectivity index (χ0) is 15.8. The summed E-state index contributed by atoms with van der Waals surface area (Å²) >= 11 is 1.70. The summed E-state index contributed by atoms with van der Waals surface area (Å²) < 4.78 is 0. The van der Waals surface area contributed by atoms with Crippen molar-refractivity contribution in [3.05, 3.63) is 16.1 Å². The van der Waals surface area contributed by atoms with Crippen LogP contribution in [0.15, 0.2) is 11.2 Å². The zero-order valence-electron chi connectivity index (χ0n) is 13.4. The number of aromatic nitrogens is 1. The first-order valence-corrected chi connectivity index (χ1v) is 8.70. The summed E-state index contributed by atoms with van der Waals surface area (Å²) in [5, 5.41) is 7.31. The van der Waals surface area contributed by atoms with Crippen molar-refractivity contribution in [3.8, 4) is 0 Å². The number of hydrogen-bond donors (Lipinski definition) is 2. The highest BCUT2D eigenvalue weighted by Crippen LogP contribution is 2.12. The molecule has 1 fully saturated rings. The first kappa shape index (κ1) is 16.7. The van der Waals surface area contributed by atoms with Gasteiger partial charge in [-0.05, 0) is 25.7 Å². The molecule has 0 aliphatic carbocycles. The molecule has 0 unspecified atom stereocenters. The number of carbonyl (C=O) groups excluding carboxylic acids is 1. The number of carbonyl (C=O) groups is 1. The summed E-state index contributed by atoms with van der Waals surface area (Å²) in [7, 11) is 1.71. The van der Waals surface area contributed by atoms with Crippen molar-refractivity contribution in [2.24, 2.45) is 4.99 Å². The number of nitrogens with one attached hydrogen (secondary N) is 2. The average molecular weight is 323 g/mol. The highest BCUT2D eigenvalue weighted by Gasteiger charge is 2.16. The minimum Gasteiger partial charge on any atom is -0.350 e. The third-order valence-corrected chi connectivity index (χ3v) is 4.84. The minimum atomic E-state index is 0.144. The normalized spacial score (nSPS) is 15.7. The lowest BCUT2D eigenvalue weighted by molar-refractivity contribution is -0.130. The van der Waals surface area contributed by atoms with E-state index in [2.05, 4.69) is 27.5 Å². The number of aliphatic imine (C=N–C) groups is 1. The Balaban J connectivity index is 1.73. The first-order valence-electron chi connectivity index (χ1n) is 7.88. The van der Waals surface area contributed by atoms with E-state index in [0.29, 0.717) is 12.5 Å². The molecule has 1 aromatic rings. The van der Waals surface area contributed by atoms with Gasteiger partial charge >= 0.3 is 0 Å². The second-order valence-electron chi connectivity index (χ2n) is 5.29. The number of hydrogen-bond acceptors (Lipinski definition) is 4. The van der Waals surface area contributed by atoms with Gasteiger partial charge in [-0.1, -0.05) is 6.92 Å². The summed E-state index contributed by atoms with van der Waals surface area (Å²) in [6.45, 7) is 4.80. The molecule has 122 valence electrons. The molecule has 7 heteroatoms. The largest absolute Gasteiger partial charge is 0.350 e. The molecular weight excluding hydrogens is 298 g/mol. The van der Waals surface area contributed by atoms with Gasteiger partial charge in [0, 0.05) is 31.2 Å². The van der Waals surface area contributed by atoms with Crippen LogP contribution in [0.3, 0.4) is 0 Å². The smallest absolute Gasteiger partial charge is 0.241 e. The zero-order valence-corrected chi connectivity index (χ0v) is 14.2. The number of piperidine rings is 1. The van der Waals surface area contributed by atoms with Gasteiger partial charge in [0.1, 0.15) is 5.01 Å². The monoisotopic (exact) mass is 323 g/mol. The van der Waals surface area contributed by atoms with E-state index in [1.165, 1.54) is 11.3 Å². The standard InChI is InChI=1S/C15H25N5OS/c1-3-12-9-17-13(22-12)10-18-15(16-2)19-11-14(21)20-7-5-4-6-8-20/h9H,3-8,10-11H2,1-2H3,(H2,16,18,19). The Bertz CT molecular complexity index is 508. The van der Waals surface area contributed by atoms with Gasteiger partial charge in [-0.3, -0.25) is 9.79 Å². The van der Waals surface area contributed by atoms with Crippen LogP contribution < -0.4 is 10.6 Å². The molecule has 1 amide bonds. The molecule has 22 heavy (non-hydrogen) atoms. The van der Waals surface area contributed by atoms with Crippen molar-refractivity contribution in [2.45, 2.75) is 39.2 Å². The molecule has 1 saturated heterocycles. The van der Waals surface area contributed by atoms with Gasteiger partial charge in [-0.15, -0.1) is 11.3 Å². The van der Waals surface area contributed by atoms with E-state index in [9.17, 15) is 4.79 Å². The summed E-state index contributed by atoms with van der Waals surface area (Å²) in [5.74, 6) is 0.781. The summed E-state index contributed by atoms with van der Waals surface area (Å²) in [6, 6.07) is 0. The fourth-order valence-electron chi connectivity index (χ4n) is 2.39. The van der Waals surface area contributed by atoms with Gasteiger partial charge in [0.15, 0.2) is 5.96 Å². The number of likely N-dealkylation sites (tertiary alicyclic amines) is 1. The lowest BCUT2D eigenvalue weighted by atomic mass is 10.1. The molecule has 0 saturated carbocycles. The van der Waals surface area contributed by atoms with Crippen LogP contribution in [0.25, 0.3) is 0 Å². The van der Waals surface area contributed by atoms with Crippen molar-refractivity contribution >= 4 is 23.2 Å². The van der Waals surface area contributed by atoms with Crippen molar-refractivity contribution < 1.29 is 4.79 Å². The summed E-state index contributed by atoms with van der Waals surface area (Å²) in [6.07, 6.45) is 6.38. The molecule has 0 bridgehead atoms. The molecule has 1 aromatic heterocycles. The van der Waals surface area contributed by atoms with Crippen LogP contribution in [0.4, 0.5) is 0 Å². The molecule has 2 heterocycles. The lowest BCUT2D eigenvalue weighted by Gasteiger charge is -2.27. The van der Waals surface area contributed by atoms with E-state index in [1.54, 1.807) is 18.4 Å². The summed E-state index contributed by atoms with van der Waals surface area (Å²) in [5.41, 5.74) is 0. The predicted molar refractivity (Wildman–Crippen MR) is 90.1 cm³/mol. The van der Waals surface area contributed by atoms with Gasteiger partial charge in [0.2, 0.25) is 5.91 Å². The molecule has 0 spiro atoms. The number of rotatable bonds is 5. The summed E-state index contributed by atoms with van der Waals surface area (Å²) in [4.78, 5) is 23.8. The second kappa shape index (κ2) is 8.73. The predicted octanol–water partition coefficient (Wildman–Crippen LogP) is 1.38. The Morgan fingerprint density at radius 2 is 2.14 bits per heavy atom. The SMILES string of the molecule is CCc1cnc(CNC(=NC)NCC(=O)N2CCCCC2)s1. The number of thiazole rings is 1. The van der Waals surface area contributed by atoms with Crippen molar-refractivity contribution in [1.29, 1.82) is 0 Å². The van der Waals surface area contributed by atoms with Gasteiger partial charge in [0.25, 0.3) is 0 Å². The number of guanidine groups is 1. The van der Waals surface area contributed by atoms with E-state index in [0.717, 1.165) is 37.4 Å². The Morgan fingerprint density at radius 1 is 1.36 bits per heavy atom. The second-order valence-corrected chi connectivity index (χ2v) is 6.49. The van der Waals surface area contributed by atoms with Crippen molar-refractivity contribution in [2.75, 3.05) is 26.7 Å². The van der Waals surface area contributed by atoms with Crippen molar-refractivity contribution in [3.63, 3.8) is 0 Å². The van der Waals surface area contributed by atoms with Crippen LogP contribution in [-0.2, 0) is 17.8 Å². The highest BCUT2D eigenvalue weighted by molar-refractivity contribution is 7.11. The fraction of sp³-hybridized carbons (Fsp3) is 0.667. The molecule has 6 nitrogen and oxygen atoms in total. The maximum atomic E-state index is 12.1. The molecule has 2 rings (SSSR count). The van der Waals surface area contributed by atoms with E-state index in [4.69, 9.17) is 0 Å². The third-order valence-electron chi connectivity index (χ3n) is 3.70. The van der Waals surface area contributed by atoms with Gasteiger partial charge in [-0.25, -0.2) is 4.98 Å². The minimum absolute atomic E-state index is 0.144. The van der Waals surface area contributed by atoms with Gasteiger partial charge in [0.05, 0.1) is 13.1 Å². The number of aryl methyl sites for hydroxylation is 1. The molecule has 0 aromatic carbocycles. The van der Waals surface area contributed by atoms with Crippen LogP contribution in [0.5, 0.6) is 0 Å². The van der Waals surface area contributed by atoms with Crippen LogP contribution in [0.2, 0.25) is 0 Å².